The summed E-state index contributed by atoms with van der Waals surface area (Å²) < 4.78 is 18.5. The average Bonchev–Trinajstić information content (AvgIpc) is 2.28. The number of nitrogens with one attached hydrogen (secondary N) is 1. The lowest BCUT2D eigenvalue weighted by Crippen LogP contribution is -2.33. The minimum absolute atomic E-state index is 0.251. The summed E-state index contributed by atoms with van der Waals surface area (Å²) in [6.07, 6.45) is 2.41. The van der Waals surface area contributed by atoms with Gasteiger partial charge in [0.2, 0.25) is 0 Å². The van der Waals surface area contributed by atoms with Gasteiger partial charge in [0.1, 0.15) is 0 Å². The fraction of sp³-hybridized carbons (Fsp3) is 0.571. The van der Waals surface area contributed by atoms with Crippen LogP contribution in [0, 0.1) is 11.7 Å². The summed E-state index contributed by atoms with van der Waals surface area (Å²) in [6.45, 7) is 4.15. The van der Waals surface area contributed by atoms with Crippen molar-refractivity contribution >= 4 is 0 Å². The second-order valence-electron chi connectivity index (χ2n) is 4.65. The second-order valence-corrected chi connectivity index (χ2v) is 4.65. The topological polar surface area (TPSA) is 21.3 Å². The van der Waals surface area contributed by atoms with Crippen LogP contribution in [0.4, 0.5) is 4.39 Å². The molecule has 0 bridgehead atoms. The molecule has 1 aliphatic carbocycles. The molecule has 3 heteroatoms. The Morgan fingerprint density at radius 2 is 2.24 bits per heavy atom. The third kappa shape index (κ3) is 2.60. The van der Waals surface area contributed by atoms with Gasteiger partial charge in [-0.1, -0.05) is 13.0 Å². The van der Waals surface area contributed by atoms with Gasteiger partial charge in [0.15, 0.2) is 11.6 Å². The summed E-state index contributed by atoms with van der Waals surface area (Å²) in [5.74, 6) is 1.24. The summed E-state index contributed by atoms with van der Waals surface area (Å²) in [5.41, 5.74) is 1.11. The lowest BCUT2D eigenvalue weighted by molar-refractivity contribution is 0.246. The molecule has 94 valence electrons. The van der Waals surface area contributed by atoms with Crippen molar-refractivity contribution in [2.45, 2.75) is 25.7 Å². The Morgan fingerprint density at radius 1 is 1.41 bits per heavy atom. The number of ether oxygens (including phenoxy) is 1. The fourth-order valence-corrected chi connectivity index (χ4v) is 2.50. The summed E-state index contributed by atoms with van der Waals surface area (Å²) in [4.78, 5) is 0. The highest BCUT2D eigenvalue weighted by molar-refractivity contribution is 5.32. The first-order valence-corrected chi connectivity index (χ1v) is 6.30. The molecule has 1 aromatic rings. The van der Waals surface area contributed by atoms with Crippen LogP contribution < -0.4 is 10.1 Å². The monoisotopic (exact) mass is 237 g/mol. The third-order valence-corrected chi connectivity index (χ3v) is 3.68. The molecule has 2 atom stereocenters. The quantitative estimate of drug-likeness (QED) is 0.850. The summed E-state index contributed by atoms with van der Waals surface area (Å²) in [5, 5.41) is 3.37. The molecule has 0 aromatic heterocycles. The van der Waals surface area contributed by atoms with Gasteiger partial charge in [0.05, 0.1) is 7.11 Å². The molecule has 17 heavy (non-hydrogen) atoms. The summed E-state index contributed by atoms with van der Waals surface area (Å²) in [7, 11) is 1.50. The molecule has 2 unspecified atom stereocenters. The Kier molecular flexibility index (Phi) is 4.00. The lowest BCUT2D eigenvalue weighted by atomic mass is 9.70. The van der Waals surface area contributed by atoms with Gasteiger partial charge in [0, 0.05) is 0 Å². The van der Waals surface area contributed by atoms with Crippen molar-refractivity contribution in [3.8, 4) is 5.75 Å². The van der Waals surface area contributed by atoms with Gasteiger partial charge in [0.25, 0.3) is 0 Å². The van der Waals surface area contributed by atoms with Gasteiger partial charge in [-0.15, -0.1) is 0 Å². The Hall–Kier alpha value is -1.09. The predicted octanol–water partition coefficient (Wildman–Crippen LogP) is 2.94. The maximum Gasteiger partial charge on any atom is 0.165 e. The Labute approximate surface area is 102 Å². The normalized spacial score (nSPS) is 23.2. The van der Waals surface area contributed by atoms with Crippen LogP contribution in [-0.4, -0.2) is 20.2 Å². The smallest absolute Gasteiger partial charge is 0.165 e. The minimum Gasteiger partial charge on any atom is -0.494 e. The van der Waals surface area contributed by atoms with Crippen LogP contribution >= 0.6 is 0 Å². The van der Waals surface area contributed by atoms with E-state index in [4.69, 9.17) is 4.74 Å². The fourth-order valence-electron chi connectivity index (χ4n) is 2.50. The molecule has 0 amide bonds. The molecule has 1 aliphatic rings. The molecule has 0 radical (unpaired) electrons. The van der Waals surface area contributed by atoms with Crippen molar-refractivity contribution in [3.05, 3.63) is 29.6 Å². The Morgan fingerprint density at radius 3 is 2.76 bits per heavy atom. The van der Waals surface area contributed by atoms with Crippen molar-refractivity contribution in [2.75, 3.05) is 20.2 Å². The zero-order valence-corrected chi connectivity index (χ0v) is 10.5. The summed E-state index contributed by atoms with van der Waals surface area (Å²) in [6, 6.07) is 5.35. The van der Waals surface area contributed by atoms with Gasteiger partial charge in [-0.2, -0.15) is 0 Å². The summed E-state index contributed by atoms with van der Waals surface area (Å²) >= 11 is 0. The number of hydrogen-bond donors (Lipinski definition) is 1. The molecule has 1 aromatic carbocycles. The van der Waals surface area contributed by atoms with E-state index in [1.807, 2.05) is 6.07 Å². The van der Waals surface area contributed by atoms with Crippen molar-refractivity contribution in [1.29, 1.82) is 0 Å². The minimum atomic E-state index is -0.251. The van der Waals surface area contributed by atoms with Gasteiger partial charge in [-0.05, 0) is 55.5 Å². The van der Waals surface area contributed by atoms with Gasteiger partial charge < -0.3 is 10.1 Å². The number of benzene rings is 1. The molecule has 0 aliphatic heterocycles. The van der Waals surface area contributed by atoms with Crippen LogP contribution in [0.25, 0.3) is 0 Å². The van der Waals surface area contributed by atoms with E-state index >= 15 is 0 Å². The zero-order valence-electron chi connectivity index (χ0n) is 10.5. The van der Waals surface area contributed by atoms with Crippen LogP contribution in [-0.2, 0) is 0 Å². The molecule has 0 heterocycles. The number of hydrogen-bond acceptors (Lipinski definition) is 2. The first-order chi connectivity index (χ1) is 8.26. The molecule has 1 N–H and O–H groups in total. The third-order valence-electron chi connectivity index (χ3n) is 3.68. The van der Waals surface area contributed by atoms with Crippen LogP contribution in [0.3, 0.4) is 0 Å². The van der Waals surface area contributed by atoms with Gasteiger partial charge in [-0.3, -0.25) is 0 Å². The maximum absolute atomic E-state index is 13.6. The van der Waals surface area contributed by atoms with Crippen molar-refractivity contribution in [1.82, 2.24) is 5.32 Å². The van der Waals surface area contributed by atoms with E-state index in [9.17, 15) is 4.39 Å². The molecule has 2 nitrogen and oxygen atoms in total. The first-order valence-electron chi connectivity index (χ1n) is 6.30. The Balaban J connectivity index is 2.04. The molecule has 0 spiro atoms. The van der Waals surface area contributed by atoms with E-state index in [-0.39, 0.29) is 5.82 Å². The highest BCUT2D eigenvalue weighted by atomic mass is 19.1. The highest BCUT2D eigenvalue weighted by Gasteiger charge is 2.31. The van der Waals surface area contributed by atoms with Crippen LogP contribution in [0.1, 0.15) is 31.2 Å². The van der Waals surface area contributed by atoms with Crippen LogP contribution in [0.5, 0.6) is 5.75 Å². The predicted molar refractivity (Wildman–Crippen MR) is 67.0 cm³/mol. The van der Waals surface area contributed by atoms with E-state index in [1.54, 1.807) is 12.1 Å². The lowest BCUT2D eigenvalue weighted by Gasteiger charge is -2.37. The maximum atomic E-state index is 13.6. The van der Waals surface area contributed by atoms with Crippen LogP contribution in [0.2, 0.25) is 0 Å². The van der Waals surface area contributed by atoms with Crippen molar-refractivity contribution in [2.24, 2.45) is 5.92 Å². The SMILES string of the molecule is CCNCC1CCC1c1ccc(OC)c(F)c1. The molecule has 1 saturated carbocycles. The van der Waals surface area contributed by atoms with E-state index in [0.717, 1.165) is 18.7 Å². The van der Waals surface area contributed by atoms with E-state index in [0.29, 0.717) is 17.6 Å². The molecule has 2 rings (SSSR count). The van der Waals surface area contributed by atoms with Gasteiger partial charge in [-0.25, -0.2) is 4.39 Å². The standard InChI is InChI=1S/C14H20FNO/c1-3-16-9-11-4-6-12(11)10-5-7-14(17-2)13(15)8-10/h5,7-8,11-12,16H,3-4,6,9H2,1-2H3. The molecular weight excluding hydrogens is 217 g/mol. The van der Waals surface area contributed by atoms with Crippen molar-refractivity contribution in [3.63, 3.8) is 0 Å². The van der Waals surface area contributed by atoms with E-state index < -0.39 is 0 Å². The van der Waals surface area contributed by atoms with Crippen molar-refractivity contribution < 1.29 is 9.13 Å². The largest absolute Gasteiger partial charge is 0.494 e. The van der Waals surface area contributed by atoms with E-state index in [1.165, 1.54) is 20.0 Å². The number of halogens is 1. The average molecular weight is 237 g/mol. The first kappa shape index (κ1) is 12.4. The highest BCUT2D eigenvalue weighted by Crippen LogP contribution is 2.42. The van der Waals surface area contributed by atoms with Crippen LogP contribution in [0.15, 0.2) is 18.2 Å². The second kappa shape index (κ2) is 5.50. The number of methoxy groups -OCH3 is 1. The zero-order chi connectivity index (χ0) is 12.3. The molecular formula is C14H20FNO. The van der Waals surface area contributed by atoms with Gasteiger partial charge >= 0.3 is 0 Å². The number of rotatable bonds is 5. The molecule has 1 fully saturated rings. The molecule has 0 saturated heterocycles. The Bertz CT molecular complexity index is 380. The van der Waals surface area contributed by atoms with E-state index in [2.05, 4.69) is 12.2 Å².